The van der Waals surface area contributed by atoms with Gasteiger partial charge in [-0.2, -0.15) is 0 Å². The van der Waals surface area contributed by atoms with E-state index in [0.717, 1.165) is 31.5 Å². The molecular weight excluding hydrogens is 446 g/mol. The van der Waals surface area contributed by atoms with E-state index in [1.54, 1.807) is 4.90 Å². The maximum atomic E-state index is 12.9. The topological polar surface area (TPSA) is 107 Å². The average molecular weight is 478 g/mol. The number of amides is 3. The predicted molar refractivity (Wildman–Crippen MR) is 129 cm³/mol. The fourth-order valence-corrected chi connectivity index (χ4v) is 5.42. The Morgan fingerprint density at radius 2 is 1.83 bits per heavy atom. The normalized spacial score (nSPS) is 24.3. The lowest BCUT2D eigenvalue weighted by Crippen LogP contribution is -2.52. The van der Waals surface area contributed by atoms with Crippen LogP contribution in [0.15, 0.2) is 48.5 Å². The van der Waals surface area contributed by atoms with E-state index in [-0.39, 0.29) is 30.6 Å². The van der Waals surface area contributed by atoms with Crippen LogP contribution in [0.4, 0.5) is 0 Å². The number of likely N-dealkylation sites (tertiary alicyclic amines) is 1. The molecule has 0 bridgehead atoms. The van der Waals surface area contributed by atoms with Crippen molar-refractivity contribution in [1.29, 1.82) is 0 Å². The van der Waals surface area contributed by atoms with E-state index < -0.39 is 6.04 Å². The quantitative estimate of drug-likeness (QED) is 0.518. The van der Waals surface area contributed by atoms with Gasteiger partial charge in [0.2, 0.25) is 11.8 Å². The zero-order valence-corrected chi connectivity index (χ0v) is 19.9. The number of carbonyl (C=O) groups excluding carboxylic acids is 3. The summed E-state index contributed by atoms with van der Waals surface area (Å²) in [4.78, 5) is 49.2. The molecule has 2 saturated heterocycles. The number of hydrogen-bond acceptors (Lipinski definition) is 5. The van der Waals surface area contributed by atoms with Crippen LogP contribution in [-0.4, -0.2) is 57.7 Å². The number of carbonyl (C=O) groups is 4. The largest absolute Gasteiger partial charge is 0.483 e. The monoisotopic (exact) mass is 477 g/mol. The molecule has 3 aliphatic heterocycles. The van der Waals surface area contributed by atoms with Gasteiger partial charge in [0.05, 0.1) is 0 Å². The molecule has 2 unspecified atom stereocenters. The number of rotatable bonds is 4. The van der Waals surface area contributed by atoms with E-state index >= 15 is 0 Å². The van der Waals surface area contributed by atoms with Crippen LogP contribution < -0.4 is 5.32 Å². The molecule has 3 aliphatic rings. The maximum Gasteiger partial charge on any atom is 0.290 e. The number of nitrogens with one attached hydrogen (secondary N) is 1. The van der Waals surface area contributed by atoms with Crippen LogP contribution in [0.3, 0.4) is 0 Å². The first kappa shape index (κ1) is 24.6. The Balaban J connectivity index is 0.000000917. The molecule has 0 saturated carbocycles. The molecule has 3 heterocycles. The number of nitrogens with zero attached hydrogens (tertiary/aromatic N) is 2. The average Bonchev–Trinajstić information content (AvgIpc) is 3.17. The summed E-state index contributed by atoms with van der Waals surface area (Å²) in [7, 11) is 0. The summed E-state index contributed by atoms with van der Waals surface area (Å²) in [5, 5.41) is 9.26. The second kappa shape index (κ2) is 10.8. The van der Waals surface area contributed by atoms with Crippen molar-refractivity contribution in [1.82, 2.24) is 15.1 Å². The minimum Gasteiger partial charge on any atom is -0.483 e. The first-order valence-electron chi connectivity index (χ1n) is 12.0. The summed E-state index contributed by atoms with van der Waals surface area (Å²) in [6.07, 6.45) is 2.87. The van der Waals surface area contributed by atoms with E-state index in [0.29, 0.717) is 30.5 Å². The molecule has 3 amide bonds. The zero-order chi connectivity index (χ0) is 24.9. The Labute approximate surface area is 204 Å². The van der Waals surface area contributed by atoms with Crippen LogP contribution in [-0.2, 0) is 27.5 Å². The molecule has 2 fully saturated rings. The predicted octanol–water partition coefficient (Wildman–Crippen LogP) is 2.92. The Kier molecular flexibility index (Phi) is 7.60. The molecule has 8 heteroatoms. The molecule has 0 spiro atoms. The second-order valence-corrected chi connectivity index (χ2v) is 9.45. The number of benzene rings is 2. The van der Waals surface area contributed by atoms with Crippen LogP contribution in [0.1, 0.15) is 65.6 Å². The van der Waals surface area contributed by atoms with E-state index in [2.05, 4.69) is 59.6 Å². The Hall–Kier alpha value is -3.52. The third-order valence-electron chi connectivity index (χ3n) is 7.26. The standard InChI is InChI=1S/C26H29N3O3.CH2O2/c1-17-13-20(11-12-28(17)15-18-5-3-2-4-6-18)19-7-8-22-21(14-19)16-29(26(22)32)23-9-10-24(30)27-25(23)31;2-1-3/h2-8,14,17,20,23H,9-13,15-16H2,1H3,(H,27,30,31);1H,(H,2,3)/t17-,20?,23?;/m0./s1. The van der Waals surface area contributed by atoms with Crippen LogP contribution in [0.25, 0.3) is 0 Å². The van der Waals surface area contributed by atoms with Crippen molar-refractivity contribution in [2.24, 2.45) is 0 Å². The molecule has 184 valence electrons. The fourth-order valence-electron chi connectivity index (χ4n) is 5.42. The van der Waals surface area contributed by atoms with Crippen molar-refractivity contribution in [2.45, 2.75) is 63.7 Å². The van der Waals surface area contributed by atoms with Crippen LogP contribution >= 0.6 is 0 Å². The van der Waals surface area contributed by atoms with Gasteiger partial charge in [-0.15, -0.1) is 0 Å². The van der Waals surface area contributed by atoms with Gasteiger partial charge in [-0.3, -0.25) is 29.4 Å². The number of imide groups is 1. The molecule has 2 aromatic rings. The highest BCUT2D eigenvalue weighted by Crippen LogP contribution is 2.35. The molecule has 8 nitrogen and oxygen atoms in total. The third kappa shape index (κ3) is 5.43. The summed E-state index contributed by atoms with van der Waals surface area (Å²) >= 11 is 0. The second-order valence-electron chi connectivity index (χ2n) is 9.45. The van der Waals surface area contributed by atoms with Crippen molar-refractivity contribution in [2.75, 3.05) is 6.54 Å². The van der Waals surface area contributed by atoms with E-state index in [9.17, 15) is 14.4 Å². The van der Waals surface area contributed by atoms with Gasteiger partial charge in [0.1, 0.15) is 6.04 Å². The van der Waals surface area contributed by atoms with Crippen LogP contribution in [0.2, 0.25) is 0 Å². The zero-order valence-electron chi connectivity index (χ0n) is 19.9. The van der Waals surface area contributed by atoms with Crippen LogP contribution in [0.5, 0.6) is 0 Å². The van der Waals surface area contributed by atoms with E-state index in [1.807, 2.05) is 6.07 Å². The first-order valence-corrected chi connectivity index (χ1v) is 12.0. The number of carboxylic acid groups (broad SMARTS) is 1. The Morgan fingerprint density at radius 3 is 2.51 bits per heavy atom. The van der Waals surface area contributed by atoms with Crippen LogP contribution in [0, 0.1) is 0 Å². The first-order chi connectivity index (χ1) is 16.9. The maximum absolute atomic E-state index is 12.9. The number of fused-ring (bicyclic) bond motifs is 1. The highest BCUT2D eigenvalue weighted by Gasteiger charge is 2.39. The highest BCUT2D eigenvalue weighted by molar-refractivity contribution is 6.05. The summed E-state index contributed by atoms with van der Waals surface area (Å²) in [5.41, 5.74) is 4.32. The van der Waals surface area contributed by atoms with Crippen molar-refractivity contribution >= 4 is 24.2 Å². The molecule has 0 aliphatic carbocycles. The van der Waals surface area contributed by atoms with Crippen molar-refractivity contribution in [3.63, 3.8) is 0 Å². The Morgan fingerprint density at radius 1 is 1.09 bits per heavy atom. The van der Waals surface area contributed by atoms with Gasteiger partial charge in [0.15, 0.2) is 0 Å². The van der Waals surface area contributed by atoms with Gasteiger partial charge in [-0.05, 0) is 61.4 Å². The SMILES string of the molecule is C[C@H]1CC(c2ccc3c(c2)CN(C2CCC(=O)NC2=O)C3=O)CCN1Cc1ccccc1.O=CO. The van der Waals surface area contributed by atoms with Crippen molar-refractivity contribution < 1.29 is 24.3 Å². The summed E-state index contributed by atoms with van der Waals surface area (Å²) in [6.45, 7) is 4.53. The minimum atomic E-state index is -0.558. The number of piperidine rings is 2. The van der Waals surface area contributed by atoms with Crippen molar-refractivity contribution in [3.8, 4) is 0 Å². The Bertz CT molecular complexity index is 1100. The van der Waals surface area contributed by atoms with Gasteiger partial charge >= 0.3 is 0 Å². The summed E-state index contributed by atoms with van der Waals surface area (Å²) in [6, 6.07) is 16.7. The fraction of sp³-hybridized carbons (Fsp3) is 0.407. The van der Waals surface area contributed by atoms with E-state index in [4.69, 9.17) is 9.90 Å². The highest BCUT2D eigenvalue weighted by atomic mass is 16.3. The lowest BCUT2D eigenvalue weighted by Gasteiger charge is -2.38. The van der Waals surface area contributed by atoms with Gasteiger partial charge in [-0.25, -0.2) is 0 Å². The summed E-state index contributed by atoms with van der Waals surface area (Å²) < 4.78 is 0. The lowest BCUT2D eigenvalue weighted by atomic mass is 9.84. The number of hydrogen-bond donors (Lipinski definition) is 2. The third-order valence-corrected chi connectivity index (χ3v) is 7.26. The van der Waals surface area contributed by atoms with Gasteiger partial charge in [-0.1, -0.05) is 42.5 Å². The molecular formula is C27H31N3O5. The lowest BCUT2D eigenvalue weighted by molar-refractivity contribution is -0.137. The summed E-state index contributed by atoms with van der Waals surface area (Å²) in [5.74, 6) is -0.248. The van der Waals surface area contributed by atoms with Gasteiger partial charge in [0, 0.05) is 31.1 Å². The van der Waals surface area contributed by atoms with Crippen molar-refractivity contribution in [3.05, 3.63) is 70.8 Å². The minimum absolute atomic E-state index is 0.105. The van der Waals surface area contributed by atoms with Gasteiger partial charge < -0.3 is 10.0 Å². The molecule has 0 radical (unpaired) electrons. The van der Waals surface area contributed by atoms with Gasteiger partial charge in [0.25, 0.3) is 12.4 Å². The molecule has 2 N–H and O–H groups in total. The molecule has 3 atom stereocenters. The smallest absolute Gasteiger partial charge is 0.290 e. The molecule has 35 heavy (non-hydrogen) atoms. The molecule has 2 aromatic carbocycles. The molecule has 0 aromatic heterocycles. The molecule has 5 rings (SSSR count). The van der Waals surface area contributed by atoms with E-state index in [1.165, 1.54) is 11.1 Å².